The van der Waals surface area contributed by atoms with Crippen molar-refractivity contribution in [3.8, 4) is 5.75 Å². The number of urea groups is 1. The Morgan fingerprint density at radius 1 is 1.05 bits per heavy atom. The molecular weight excluding hydrogens is 287 g/mol. The molecule has 21 heavy (non-hydrogen) atoms. The summed E-state index contributed by atoms with van der Waals surface area (Å²) in [5.74, 6) is -0.00907. The first-order valence-corrected chi connectivity index (χ1v) is 5.77. The standard InChI is InChI=1S/C13H10F3N3O2/c14-13(15,16)21-10-6-4-9(5-7-10)18-12(20)19-11-3-1-2-8-17-11/h1-8H,(H2,17,18,19,20). The van der Waals surface area contributed by atoms with Crippen LogP contribution in [0.4, 0.5) is 29.5 Å². The number of alkyl halides is 3. The largest absolute Gasteiger partial charge is 0.573 e. The van der Waals surface area contributed by atoms with Gasteiger partial charge in [0.1, 0.15) is 11.6 Å². The highest BCUT2D eigenvalue weighted by atomic mass is 19.4. The van der Waals surface area contributed by atoms with Gasteiger partial charge in [0.2, 0.25) is 0 Å². The number of benzene rings is 1. The van der Waals surface area contributed by atoms with Gasteiger partial charge in [-0.15, -0.1) is 13.2 Å². The molecule has 0 saturated carbocycles. The number of ether oxygens (including phenoxy) is 1. The van der Waals surface area contributed by atoms with E-state index in [1.54, 1.807) is 18.2 Å². The summed E-state index contributed by atoms with van der Waals surface area (Å²) in [7, 11) is 0. The summed E-state index contributed by atoms with van der Waals surface area (Å²) in [6, 6.07) is 9.22. The van der Waals surface area contributed by atoms with Crippen LogP contribution in [0.5, 0.6) is 5.75 Å². The van der Waals surface area contributed by atoms with Crippen LogP contribution in [0.25, 0.3) is 0 Å². The Morgan fingerprint density at radius 3 is 2.33 bits per heavy atom. The van der Waals surface area contributed by atoms with Crippen molar-refractivity contribution < 1.29 is 22.7 Å². The molecule has 0 fully saturated rings. The molecule has 1 aromatic carbocycles. The van der Waals surface area contributed by atoms with Crippen LogP contribution in [-0.2, 0) is 0 Å². The van der Waals surface area contributed by atoms with E-state index in [0.29, 0.717) is 11.5 Å². The highest BCUT2D eigenvalue weighted by Crippen LogP contribution is 2.23. The van der Waals surface area contributed by atoms with Gasteiger partial charge in [-0.2, -0.15) is 0 Å². The first kappa shape index (κ1) is 14.6. The highest BCUT2D eigenvalue weighted by Gasteiger charge is 2.30. The zero-order valence-corrected chi connectivity index (χ0v) is 10.5. The van der Waals surface area contributed by atoms with Crippen molar-refractivity contribution in [1.29, 1.82) is 0 Å². The highest BCUT2D eigenvalue weighted by molar-refractivity contribution is 5.99. The molecule has 8 heteroatoms. The molecule has 1 heterocycles. The number of carbonyl (C=O) groups is 1. The van der Waals surface area contributed by atoms with E-state index >= 15 is 0 Å². The van der Waals surface area contributed by atoms with Crippen molar-refractivity contribution in [3.63, 3.8) is 0 Å². The lowest BCUT2D eigenvalue weighted by molar-refractivity contribution is -0.274. The van der Waals surface area contributed by atoms with Crippen LogP contribution >= 0.6 is 0 Å². The van der Waals surface area contributed by atoms with Crippen LogP contribution in [0.1, 0.15) is 0 Å². The molecular formula is C13H10F3N3O2. The maximum absolute atomic E-state index is 12.0. The van der Waals surface area contributed by atoms with Gasteiger partial charge in [0.05, 0.1) is 0 Å². The first-order valence-electron chi connectivity index (χ1n) is 5.77. The maximum Gasteiger partial charge on any atom is 0.573 e. The molecule has 0 saturated heterocycles. The zero-order valence-electron chi connectivity index (χ0n) is 10.5. The first-order chi connectivity index (χ1) is 9.92. The molecule has 1 aromatic heterocycles. The lowest BCUT2D eigenvalue weighted by atomic mass is 10.3. The van der Waals surface area contributed by atoms with Crippen LogP contribution in [0.15, 0.2) is 48.7 Å². The molecule has 110 valence electrons. The van der Waals surface area contributed by atoms with Crippen molar-refractivity contribution in [3.05, 3.63) is 48.7 Å². The number of halogens is 3. The molecule has 0 aliphatic carbocycles. The molecule has 0 aliphatic rings. The molecule has 0 unspecified atom stereocenters. The third-order valence-electron chi connectivity index (χ3n) is 2.25. The summed E-state index contributed by atoms with van der Waals surface area (Å²) in [6.45, 7) is 0. The average Bonchev–Trinajstić information content (AvgIpc) is 2.40. The molecule has 2 aromatic rings. The monoisotopic (exact) mass is 297 g/mol. The molecule has 0 bridgehead atoms. The van der Waals surface area contributed by atoms with Gasteiger partial charge in [-0.05, 0) is 36.4 Å². The Labute approximate surface area is 117 Å². The van der Waals surface area contributed by atoms with Crippen LogP contribution in [0.3, 0.4) is 0 Å². The van der Waals surface area contributed by atoms with Gasteiger partial charge >= 0.3 is 12.4 Å². The zero-order chi connectivity index (χ0) is 15.3. The molecule has 0 radical (unpaired) electrons. The number of nitrogens with zero attached hydrogens (tertiary/aromatic N) is 1. The van der Waals surface area contributed by atoms with Gasteiger partial charge in [-0.25, -0.2) is 9.78 Å². The summed E-state index contributed by atoms with van der Waals surface area (Å²) in [6.07, 6.45) is -3.23. The minimum atomic E-state index is -4.74. The number of nitrogens with one attached hydrogen (secondary N) is 2. The second kappa shape index (κ2) is 6.12. The summed E-state index contributed by atoms with van der Waals surface area (Å²) in [5, 5.41) is 4.92. The van der Waals surface area contributed by atoms with Gasteiger partial charge in [0.25, 0.3) is 0 Å². The Bertz CT molecular complexity index is 600. The predicted octanol–water partition coefficient (Wildman–Crippen LogP) is 3.62. The van der Waals surface area contributed by atoms with Gasteiger partial charge in [-0.1, -0.05) is 6.07 Å². The molecule has 0 aliphatic heterocycles. The average molecular weight is 297 g/mol. The number of hydrogen-bond donors (Lipinski definition) is 2. The molecule has 0 spiro atoms. The normalized spacial score (nSPS) is 10.8. The molecule has 2 N–H and O–H groups in total. The van der Waals surface area contributed by atoms with Crippen molar-refractivity contribution >= 4 is 17.5 Å². The van der Waals surface area contributed by atoms with Crippen molar-refractivity contribution in [1.82, 2.24) is 4.98 Å². The van der Waals surface area contributed by atoms with Crippen LogP contribution < -0.4 is 15.4 Å². The van der Waals surface area contributed by atoms with E-state index in [1.165, 1.54) is 18.3 Å². The second-order valence-corrected chi connectivity index (χ2v) is 3.87. The lowest BCUT2D eigenvalue weighted by Crippen LogP contribution is -2.20. The van der Waals surface area contributed by atoms with Gasteiger partial charge in [0, 0.05) is 11.9 Å². The topological polar surface area (TPSA) is 63.2 Å². The number of carbonyl (C=O) groups excluding carboxylic acids is 1. The third kappa shape index (κ3) is 5.01. The molecule has 2 rings (SSSR count). The summed E-state index contributed by atoms with van der Waals surface area (Å²) >= 11 is 0. The number of rotatable bonds is 3. The van der Waals surface area contributed by atoms with E-state index in [1.807, 2.05) is 0 Å². The Morgan fingerprint density at radius 2 is 1.76 bits per heavy atom. The Kier molecular flexibility index (Phi) is 4.27. The fraction of sp³-hybridized carbons (Fsp3) is 0.0769. The predicted molar refractivity (Wildman–Crippen MR) is 70.0 cm³/mol. The minimum Gasteiger partial charge on any atom is -0.406 e. The second-order valence-electron chi connectivity index (χ2n) is 3.87. The van der Waals surface area contributed by atoms with Crippen molar-refractivity contribution in [2.75, 3.05) is 10.6 Å². The van der Waals surface area contributed by atoms with Crippen molar-refractivity contribution in [2.24, 2.45) is 0 Å². The number of aromatic nitrogens is 1. The Balaban J connectivity index is 1.92. The van der Waals surface area contributed by atoms with E-state index in [4.69, 9.17) is 0 Å². The molecule has 0 atom stereocenters. The van der Waals surface area contributed by atoms with Gasteiger partial charge < -0.3 is 10.1 Å². The van der Waals surface area contributed by atoms with Crippen LogP contribution in [0, 0.1) is 0 Å². The summed E-state index contributed by atoms with van der Waals surface area (Å²) in [5.41, 5.74) is 0.318. The fourth-order valence-electron chi connectivity index (χ4n) is 1.46. The molecule has 5 nitrogen and oxygen atoms in total. The smallest absolute Gasteiger partial charge is 0.406 e. The van der Waals surface area contributed by atoms with Gasteiger partial charge in [-0.3, -0.25) is 5.32 Å². The third-order valence-corrected chi connectivity index (χ3v) is 2.25. The van der Waals surface area contributed by atoms with E-state index in [-0.39, 0.29) is 5.75 Å². The number of pyridine rings is 1. The van der Waals surface area contributed by atoms with E-state index in [0.717, 1.165) is 12.1 Å². The quantitative estimate of drug-likeness (QED) is 0.909. The van der Waals surface area contributed by atoms with Crippen LogP contribution in [-0.4, -0.2) is 17.4 Å². The van der Waals surface area contributed by atoms with Crippen molar-refractivity contribution in [2.45, 2.75) is 6.36 Å². The lowest BCUT2D eigenvalue weighted by Gasteiger charge is -2.10. The Hall–Kier alpha value is -2.77. The van der Waals surface area contributed by atoms with Gasteiger partial charge in [0.15, 0.2) is 0 Å². The number of anilines is 2. The minimum absolute atomic E-state index is 0.318. The van der Waals surface area contributed by atoms with E-state index in [9.17, 15) is 18.0 Å². The number of hydrogen-bond acceptors (Lipinski definition) is 3. The summed E-state index contributed by atoms with van der Waals surface area (Å²) in [4.78, 5) is 15.5. The van der Waals surface area contributed by atoms with E-state index in [2.05, 4.69) is 20.4 Å². The van der Waals surface area contributed by atoms with E-state index < -0.39 is 12.4 Å². The SMILES string of the molecule is O=C(Nc1ccc(OC(F)(F)F)cc1)Nc1ccccn1. The van der Waals surface area contributed by atoms with Crippen LogP contribution in [0.2, 0.25) is 0 Å². The fourth-order valence-corrected chi connectivity index (χ4v) is 1.46. The summed E-state index contributed by atoms with van der Waals surface area (Å²) < 4.78 is 39.7. The molecule has 2 amide bonds. The maximum atomic E-state index is 12.0. The number of amides is 2.